The first-order chi connectivity index (χ1) is 7.15. The monoisotopic (exact) mass is 212 g/mol. The predicted molar refractivity (Wildman–Crippen MR) is 62.7 cm³/mol. The first-order valence-corrected chi connectivity index (χ1v) is 6.14. The van der Waals surface area contributed by atoms with E-state index in [-0.39, 0.29) is 5.92 Å². The van der Waals surface area contributed by atoms with Crippen molar-refractivity contribution in [1.29, 1.82) is 0 Å². The van der Waals surface area contributed by atoms with Crippen molar-refractivity contribution < 1.29 is 4.79 Å². The maximum absolute atomic E-state index is 11.9. The number of nitrogens with zero attached hydrogens (tertiary/aromatic N) is 1. The van der Waals surface area contributed by atoms with E-state index >= 15 is 0 Å². The van der Waals surface area contributed by atoms with Crippen molar-refractivity contribution in [2.24, 2.45) is 11.8 Å². The average Bonchev–Trinajstić information content (AvgIpc) is 2.26. The third kappa shape index (κ3) is 3.82. The zero-order valence-corrected chi connectivity index (χ0v) is 10.3. The molecule has 0 spiro atoms. The predicted octanol–water partition coefficient (Wildman–Crippen LogP) is 1.49. The minimum Gasteiger partial charge on any atom is -0.342 e. The van der Waals surface area contributed by atoms with Crippen molar-refractivity contribution in [3.05, 3.63) is 0 Å². The normalized spacial score (nSPS) is 18.1. The lowest BCUT2D eigenvalue weighted by molar-refractivity contribution is -0.135. The van der Waals surface area contributed by atoms with Crippen LogP contribution in [0.3, 0.4) is 0 Å². The van der Waals surface area contributed by atoms with Crippen LogP contribution in [0.4, 0.5) is 0 Å². The average molecular weight is 212 g/mol. The lowest BCUT2D eigenvalue weighted by Gasteiger charge is -2.30. The lowest BCUT2D eigenvalue weighted by atomic mass is 9.97. The molecule has 0 saturated carbocycles. The number of rotatable bonds is 4. The highest BCUT2D eigenvalue weighted by atomic mass is 16.2. The fourth-order valence-electron chi connectivity index (χ4n) is 2.12. The molecule has 1 aliphatic heterocycles. The summed E-state index contributed by atoms with van der Waals surface area (Å²) in [6.45, 7) is 10.1. The van der Waals surface area contributed by atoms with Crippen LogP contribution in [0.15, 0.2) is 0 Å². The van der Waals surface area contributed by atoms with Gasteiger partial charge in [-0.2, -0.15) is 0 Å². The number of hydrogen-bond donors (Lipinski definition) is 1. The molecule has 1 fully saturated rings. The Morgan fingerprint density at radius 2 is 2.00 bits per heavy atom. The van der Waals surface area contributed by atoms with E-state index < -0.39 is 0 Å². The fourth-order valence-corrected chi connectivity index (χ4v) is 2.12. The Bertz CT molecular complexity index is 198. The van der Waals surface area contributed by atoms with Gasteiger partial charge in [-0.3, -0.25) is 4.79 Å². The summed E-state index contributed by atoms with van der Waals surface area (Å²) in [4.78, 5) is 13.9. The van der Waals surface area contributed by atoms with E-state index in [4.69, 9.17) is 0 Å². The van der Waals surface area contributed by atoms with Gasteiger partial charge in [-0.05, 0) is 38.8 Å². The van der Waals surface area contributed by atoms with Crippen molar-refractivity contribution in [2.75, 3.05) is 26.2 Å². The number of carbonyl (C=O) groups excluding carboxylic acids is 1. The van der Waals surface area contributed by atoms with Gasteiger partial charge in [-0.15, -0.1) is 0 Å². The molecule has 3 nitrogen and oxygen atoms in total. The van der Waals surface area contributed by atoms with Crippen molar-refractivity contribution in [2.45, 2.75) is 33.6 Å². The van der Waals surface area contributed by atoms with E-state index in [2.05, 4.69) is 12.2 Å². The van der Waals surface area contributed by atoms with Gasteiger partial charge >= 0.3 is 0 Å². The largest absolute Gasteiger partial charge is 0.342 e. The van der Waals surface area contributed by atoms with Crippen molar-refractivity contribution >= 4 is 5.91 Å². The summed E-state index contributed by atoms with van der Waals surface area (Å²) >= 11 is 0. The second-order valence-corrected chi connectivity index (χ2v) is 4.72. The van der Waals surface area contributed by atoms with Crippen LogP contribution in [0, 0.1) is 11.8 Å². The smallest absolute Gasteiger partial charge is 0.225 e. The summed E-state index contributed by atoms with van der Waals surface area (Å²) in [6, 6.07) is 0. The molecule has 0 atom stereocenters. The van der Waals surface area contributed by atoms with Gasteiger partial charge in [0.2, 0.25) is 5.91 Å². The Labute approximate surface area is 93.2 Å². The van der Waals surface area contributed by atoms with Crippen molar-refractivity contribution in [3.8, 4) is 0 Å². The molecule has 0 bridgehead atoms. The molecule has 0 aliphatic carbocycles. The summed E-state index contributed by atoms with van der Waals surface area (Å²) in [5, 5.41) is 3.35. The molecule has 0 unspecified atom stereocenters. The molecule has 1 rings (SSSR count). The molecule has 1 amide bonds. The third-order valence-electron chi connectivity index (χ3n) is 3.12. The van der Waals surface area contributed by atoms with Crippen LogP contribution in [0.1, 0.15) is 33.6 Å². The summed E-state index contributed by atoms with van der Waals surface area (Å²) in [5.74, 6) is 1.14. The maximum Gasteiger partial charge on any atom is 0.225 e. The minimum absolute atomic E-state index is 0.131. The zero-order valence-electron chi connectivity index (χ0n) is 10.3. The molecular weight excluding hydrogens is 188 g/mol. The second kappa shape index (κ2) is 6.11. The van der Waals surface area contributed by atoms with E-state index in [1.165, 1.54) is 12.8 Å². The molecule has 0 aromatic heterocycles. The van der Waals surface area contributed by atoms with Crippen molar-refractivity contribution in [1.82, 2.24) is 10.2 Å². The van der Waals surface area contributed by atoms with E-state index in [9.17, 15) is 4.79 Å². The van der Waals surface area contributed by atoms with Crippen LogP contribution in [0.5, 0.6) is 0 Å². The highest BCUT2D eigenvalue weighted by molar-refractivity contribution is 5.78. The van der Waals surface area contributed by atoms with E-state index in [1.807, 2.05) is 18.7 Å². The van der Waals surface area contributed by atoms with Crippen LogP contribution in [-0.4, -0.2) is 37.0 Å². The van der Waals surface area contributed by atoms with Gasteiger partial charge in [-0.25, -0.2) is 0 Å². The first kappa shape index (κ1) is 12.5. The summed E-state index contributed by atoms with van der Waals surface area (Å²) in [6.07, 6.45) is 2.42. The molecule has 1 saturated heterocycles. The Balaban J connectivity index is 2.41. The molecule has 1 aliphatic rings. The van der Waals surface area contributed by atoms with Crippen molar-refractivity contribution in [3.63, 3.8) is 0 Å². The molecule has 15 heavy (non-hydrogen) atoms. The van der Waals surface area contributed by atoms with Gasteiger partial charge in [-0.1, -0.05) is 13.8 Å². The Morgan fingerprint density at radius 3 is 2.47 bits per heavy atom. The highest BCUT2D eigenvalue weighted by Gasteiger charge is 2.20. The van der Waals surface area contributed by atoms with Gasteiger partial charge in [0.25, 0.3) is 0 Å². The highest BCUT2D eigenvalue weighted by Crippen LogP contribution is 2.14. The quantitative estimate of drug-likeness (QED) is 0.766. The third-order valence-corrected chi connectivity index (χ3v) is 3.12. The molecule has 1 N–H and O–H groups in total. The number of amides is 1. The van der Waals surface area contributed by atoms with Crippen LogP contribution < -0.4 is 5.32 Å². The molecule has 0 aromatic carbocycles. The molecule has 88 valence electrons. The number of hydrogen-bond acceptors (Lipinski definition) is 2. The number of piperidine rings is 1. The summed E-state index contributed by atoms with van der Waals surface area (Å²) < 4.78 is 0. The zero-order chi connectivity index (χ0) is 11.3. The van der Waals surface area contributed by atoms with Crippen LogP contribution in [0.25, 0.3) is 0 Å². The van der Waals surface area contributed by atoms with E-state index in [0.717, 1.165) is 26.2 Å². The Morgan fingerprint density at radius 1 is 1.40 bits per heavy atom. The number of carbonyl (C=O) groups is 1. The van der Waals surface area contributed by atoms with Gasteiger partial charge in [0, 0.05) is 19.0 Å². The second-order valence-electron chi connectivity index (χ2n) is 4.72. The van der Waals surface area contributed by atoms with Crippen LogP contribution in [-0.2, 0) is 4.79 Å². The summed E-state index contributed by atoms with van der Waals surface area (Å²) in [7, 11) is 0. The fraction of sp³-hybridized carbons (Fsp3) is 0.917. The Hall–Kier alpha value is -0.570. The minimum atomic E-state index is 0.131. The van der Waals surface area contributed by atoms with Gasteiger partial charge in [0.15, 0.2) is 0 Å². The molecule has 3 heteroatoms. The number of nitrogens with one attached hydrogen (secondary N) is 1. The standard InChI is InChI=1S/C12H24N2O/c1-4-14(12(15)10(2)3)9-11-5-7-13-8-6-11/h10-11,13H,4-9H2,1-3H3. The topological polar surface area (TPSA) is 32.3 Å². The Kier molecular flexibility index (Phi) is 5.09. The first-order valence-electron chi connectivity index (χ1n) is 6.14. The molecule has 0 aromatic rings. The van der Waals surface area contributed by atoms with Gasteiger partial charge in [0.05, 0.1) is 0 Å². The van der Waals surface area contributed by atoms with E-state index in [1.54, 1.807) is 0 Å². The lowest BCUT2D eigenvalue weighted by Crippen LogP contribution is -2.40. The maximum atomic E-state index is 11.9. The summed E-state index contributed by atoms with van der Waals surface area (Å²) in [5.41, 5.74) is 0. The van der Waals surface area contributed by atoms with Gasteiger partial charge < -0.3 is 10.2 Å². The molecule has 0 radical (unpaired) electrons. The molecular formula is C12H24N2O. The van der Waals surface area contributed by atoms with E-state index in [0.29, 0.717) is 11.8 Å². The SMILES string of the molecule is CCN(CC1CCNCC1)C(=O)C(C)C. The van der Waals surface area contributed by atoms with Gasteiger partial charge in [0.1, 0.15) is 0 Å². The van der Waals surface area contributed by atoms with Crippen LogP contribution >= 0.6 is 0 Å². The van der Waals surface area contributed by atoms with Crippen LogP contribution in [0.2, 0.25) is 0 Å². The molecule has 1 heterocycles.